The van der Waals surface area contributed by atoms with Gasteiger partial charge >= 0.3 is 5.97 Å². The molecule has 0 aliphatic carbocycles. The summed E-state index contributed by atoms with van der Waals surface area (Å²) in [4.78, 5) is 24.2. The Morgan fingerprint density at radius 1 is 1.50 bits per heavy atom. The number of allylic oxidation sites excluding steroid dienone is 1. The zero-order chi connectivity index (χ0) is 16.4. The molecular formula is C15H12BrF2NO3. The van der Waals surface area contributed by atoms with Crippen LogP contribution in [0.3, 0.4) is 0 Å². The Labute approximate surface area is 133 Å². The highest BCUT2D eigenvalue weighted by atomic mass is 79.9. The second kappa shape index (κ2) is 6.39. The minimum absolute atomic E-state index is 0.0842. The third-order valence-corrected chi connectivity index (χ3v) is 3.75. The van der Waals surface area contributed by atoms with Crippen LogP contribution in [0.4, 0.5) is 8.78 Å². The Bertz CT molecular complexity index is 830. The van der Waals surface area contributed by atoms with E-state index in [2.05, 4.69) is 22.5 Å². The number of rotatable bonds is 4. The van der Waals surface area contributed by atoms with Crippen LogP contribution in [0.15, 0.2) is 34.2 Å². The Balaban J connectivity index is 2.91. The van der Waals surface area contributed by atoms with E-state index in [0.29, 0.717) is 0 Å². The number of benzene rings is 1. The van der Waals surface area contributed by atoms with Gasteiger partial charge in [-0.3, -0.25) is 4.79 Å². The van der Waals surface area contributed by atoms with Crippen molar-refractivity contribution in [2.45, 2.75) is 13.5 Å². The lowest BCUT2D eigenvalue weighted by atomic mass is 10.1. The highest BCUT2D eigenvalue weighted by molar-refractivity contribution is 9.10. The topological polar surface area (TPSA) is 48.3 Å². The molecule has 0 aliphatic rings. The maximum Gasteiger partial charge on any atom is 0.343 e. The third-order valence-electron chi connectivity index (χ3n) is 3.02. The van der Waals surface area contributed by atoms with Crippen molar-refractivity contribution in [3.8, 4) is 0 Å². The molecule has 2 rings (SSSR count). The zero-order valence-electron chi connectivity index (χ0n) is 11.7. The second-order valence-corrected chi connectivity index (χ2v) is 5.21. The molecule has 4 nitrogen and oxygen atoms in total. The number of esters is 1. The summed E-state index contributed by atoms with van der Waals surface area (Å²) in [7, 11) is 0. The standard InChI is InChI=1S/C15H12BrF2NO3/c1-3-5-19-7-9(15(21)22-4-2)14(20)8-6-10(17)11(16)12(18)13(8)19/h3,6-7H,1,4-5H2,2H3. The molecule has 2 aromatic rings. The average molecular weight is 372 g/mol. The lowest BCUT2D eigenvalue weighted by Gasteiger charge is -2.13. The Hall–Kier alpha value is -2.02. The monoisotopic (exact) mass is 371 g/mol. The molecule has 0 saturated heterocycles. The molecule has 1 aromatic heterocycles. The molecule has 0 radical (unpaired) electrons. The molecule has 22 heavy (non-hydrogen) atoms. The van der Waals surface area contributed by atoms with Gasteiger partial charge in [-0.2, -0.15) is 0 Å². The van der Waals surface area contributed by atoms with Gasteiger partial charge in [0.2, 0.25) is 5.43 Å². The van der Waals surface area contributed by atoms with Gasteiger partial charge in [0.1, 0.15) is 11.4 Å². The molecule has 7 heteroatoms. The van der Waals surface area contributed by atoms with E-state index in [1.807, 2.05) is 0 Å². The van der Waals surface area contributed by atoms with Crippen molar-refractivity contribution in [1.29, 1.82) is 0 Å². The normalized spacial score (nSPS) is 10.7. The Morgan fingerprint density at radius 2 is 2.18 bits per heavy atom. The number of pyridine rings is 1. The van der Waals surface area contributed by atoms with Gasteiger partial charge in [0.15, 0.2) is 5.82 Å². The number of halogens is 3. The maximum atomic E-state index is 14.3. The van der Waals surface area contributed by atoms with Gasteiger partial charge in [-0.1, -0.05) is 6.08 Å². The minimum atomic E-state index is -0.923. The molecule has 0 atom stereocenters. The summed E-state index contributed by atoms with van der Waals surface area (Å²) < 4.78 is 33.8. The van der Waals surface area contributed by atoms with Crippen LogP contribution in [0.25, 0.3) is 10.9 Å². The van der Waals surface area contributed by atoms with Gasteiger partial charge in [-0.15, -0.1) is 6.58 Å². The fraction of sp³-hybridized carbons (Fsp3) is 0.200. The first-order chi connectivity index (χ1) is 10.4. The lowest BCUT2D eigenvalue weighted by molar-refractivity contribution is 0.0524. The molecule has 0 fully saturated rings. The summed E-state index contributed by atoms with van der Waals surface area (Å²) in [6.45, 7) is 5.36. The van der Waals surface area contributed by atoms with Crippen LogP contribution in [-0.4, -0.2) is 17.1 Å². The van der Waals surface area contributed by atoms with Gasteiger partial charge in [-0.05, 0) is 28.9 Å². The Kier molecular flexibility index (Phi) is 4.75. The first-order valence-electron chi connectivity index (χ1n) is 6.41. The zero-order valence-corrected chi connectivity index (χ0v) is 13.2. The number of carbonyl (C=O) groups is 1. The molecule has 0 spiro atoms. The van der Waals surface area contributed by atoms with Crippen molar-refractivity contribution in [1.82, 2.24) is 4.57 Å². The number of carbonyl (C=O) groups excluding carboxylic acids is 1. The summed E-state index contributed by atoms with van der Waals surface area (Å²) in [5, 5.41) is -0.231. The fourth-order valence-electron chi connectivity index (χ4n) is 2.10. The van der Waals surface area contributed by atoms with Crippen molar-refractivity contribution in [3.05, 3.63) is 56.8 Å². The van der Waals surface area contributed by atoms with E-state index in [1.165, 1.54) is 16.8 Å². The highest BCUT2D eigenvalue weighted by Gasteiger charge is 2.21. The van der Waals surface area contributed by atoms with Crippen molar-refractivity contribution in [2.24, 2.45) is 0 Å². The van der Waals surface area contributed by atoms with Crippen molar-refractivity contribution < 1.29 is 18.3 Å². The predicted octanol–water partition coefficient (Wildman–Crippen LogP) is 3.40. The molecule has 0 N–H and O–H groups in total. The van der Waals surface area contributed by atoms with E-state index >= 15 is 0 Å². The molecule has 0 amide bonds. The van der Waals surface area contributed by atoms with Gasteiger partial charge < -0.3 is 9.30 Å². The summed E-state index contributed by atoms with van der Waals surface area (Å²) in [5.41, 5.74) is -1.16. The highest BCUT2D eigenvalue weighted by Crippen LogP contribution is 2.27. The van der Waals surface area contributed by atoms with E-state index in [0.717, 1.165) is 6.07 Å². The van der Waals surface area contributed by atoms with Crippen molar-refractivity contribution >= 4 is 32.8 Å². The van der Waals surface area contributed by atoms with E-state index in [-0.39, 0.29) is 34.1 Å². The van der Waals surface area contributed by atoms with E-state index < -0.39 is 23.0 Å². The minimum Gasteiger partial charge on any atom is -0.462 e. The smallest absolute Gasteiger partial charge is 0.343 e. The molecule has 0 bridgehead atoms. The van der Waals surface area contributed by atoms with E-state index in [4.69, 9.17) is 4.74 Å². The SMILES string of the molecule is C=CCn1cc(C(=O)OCC)c(=O)c2cc(F)c(Br)c(F)c21. The number of hydrogen-bond donors (Lipinski definition) is 0. The maximum absolute atomic E-state index is 14.3. The summed E-state index contributed by atoms with van der Waals surface area (Å²) in [6.07, 6.45) is 2.66. The molecule has 1 aromatic carbocycles. The predicted molar refractivity (Wildman–Crippen MR) is 82.0 cm³/mol. The molecule has 116 valence electrons. The van der Waals surface area contributed by atoms with Crippen LogP contribution in [-0.2, 0) is 11.3 Å². The lowest BCUT2D eigenvalue weighted by Crippen LogP contribution is -2.21. The summed E-state index contributed by atoms with van der Waals surface area (Å²) in [6, 6.07) is 0.896. The second-order valence-electron chi connectivity index (χ2n) is 4.42. The first kappa shape index (κ1) is 16.4. The van der Waals surface area contributed by atoms with Gasteiger partial charge in [0, 0.05) is 12.7 Å². The summed E-state index contributed by atoms with van der Waals surface area (Å²) in [5.74, 6) is -2.67. The van der Waals surface area contributed by atoms with E-state index in [1.54, 1.807) is 6.92 Å². The van der Waals surface area contributed by atoms with Gasteiger partial charge in [-0.25, -0.2) is 13.6 Å². The van der Waals surface area contributed by atoms with Gasteiger partial charge in [0.25, 0.3) is 0 Å². The molecular weight excluding hydrogens is 360 g/mol. The van der Waals surface area contributed by atoms with Crippen LogP contribution in [0.1, 0.15) is 17.3 Å². The largest absolute Gasteiger partial charge is 0.462 e. The molecule has 0 aliphatic heterocycles. The summed E-state index contributed by atoms with van der Waals surface area (Å²) >= 11 is 2.80. The Morgan fingerprint density at radius 3 is 2.77 bits per heavy atom. The van der Waals surface area contributed by atoms with Crippen LogP contribution >= 0.6 is 15.9 Å². The van der Waals surface area contributed by atoms with Crippen LogP contribution in [0.2, 0.25) is 0 Å². The van der Waals surface area contributed by atoms with Crippen molar-refractivity contribution in [3.63, 3.8) is 0 Å². The van der Waals surface area contributed by atoms with Crippen LogP contribution in [0.5, 0.6) is 0 Å². The molecule has 0 unspecified atom stereocenters. The van der Waals surface area contributed by atoms with E-state index in [9.17, 15) is 18.4 Å². The molecule has 0 saturated carbocycles. The number of hydrogen-bond acceptors (Lipinski definition) is 3. The van der Waals surface area contributed by atoms with Gasteiger partial charge in [0.05, 0.1) is 22.0 Å². The van der Waals surface area contributed by atoms with Crippen LogP contribution in [0, 0.1) is 11.6 Å². The van der Waals surface area contributed by atoms with Crippen LogP contribution < -0.4 is 5.43 Å². The molecule has 1 heterocycles. The van der Waals surface area contributed by atoms with Crippen molar-refractivity contribution in [2.75, 3.05) is 6.61 Å². The number of fused-ring (bicyclic) bond motifs is 1. The first-order valence-corrected chi connectivity index (χ1v) is 7.20. The third kappa shape index (κ3) is 2.68. The number of ether oxygens (including phenoxy) is 1. The quantitative estimate of drug-likeness (QED) is 0.470. The number of aromatic nitrogens is 1. The number of nitrogens with zero attached hydrogens (tertiary/aromatic N) is 1. The average Bonchev–Trinajstić information content (AvgIpc) is 2.48. The fourth-order valence-corrected chi connectivity index (χ4v) is 2.40.